The van der Waals surface area contributed by atoms with Crippen molar-refractivity contribution in [3.8, 4) is 50.9 Å². The molecule has 65 heavy (non-hydrogen) atoms. The van der Waals surface area contributed by atoms with E-state index in [2.05, 4.69) is 211 Å². The zero-order chi connectivity index (χ0) is 42.9. The fourth-order valence-corrected chi connectivity index (χ4v) is 9.11. The summed E-state index contributed by atoms with van der Waals surface area (Å²) in [5, 5.41) is 4.23. The number of hydrogen-bond acceptors (Lipinski definition) is 3. The minimum absolute atomic E-state index is 0. The van der Waals surface area contributed by atoms with Gasteiger partial charge >= 0.3 is 0 Å². The summed E-state index contributed by atoms with van der Waals surface area (Å²) >= 11 is 0. The van der Waals surface area contributed by atoms with Crippen LogP contribution >= 0.6 is 0 Å². The second-order valence-electron chi connectivity index (χ2n) is 17.2. The molecule has 4 aromatic heterocycles. The van der Waals surface area contributed by atoms with Gasteiger partial charge < -0.3 is 18.3 Å². The normalized spacial score (nSPS) is 11.8. The molecule has 0 saturated carbocycles. The molecule has 0 atom stereocenters. The van der Waals surface area contributed by atoms with Crippen molar-refractivity contribution in [3.63, 3.8) is 0 Å². The Morgan fingerprint density at radius 3 is 2.09 bits per heavy atom. The van der Waals surface area contributed by atoms with Crippen molar-refractivity contribution in [1.82, 2.24) is 14.1 Å². The Hall–Kier alpha value is -7.53. The second kappa shape index (κ2) is 15.9. The van der Waals surface area contributed by atoms with Crippen LogP contribution in [0.25, 0.3) is 94.2 Å². The number of nitrogens with zero attached hydrogens (tertiary/aromatic N) is 4. The van der Waals surface area contributed by atoms with Crippen LogP contribution in [0.1, 0.15) is 26.3 Å². The van der Waals surface area contributed by atoms with Crippen molar-refractivity contribution in [2.45, 2.75) is 26.2 Å². The summed E-state index contributed by atoms with van der Waals surface area (Å²) in [7, 11) is 0. The standard InChI is InChI=1S/C58H40N4O2.Pt/c1-58(2,3)41-32-33-59-53(34-41)62-51-36-44(29-30-48(51)57-56(62)54-45-23-11-10-20-40(45)28-31-52(54)64-57)63-43-22-14-21-42(35-43)60-37-61(50-27-13-12-26-49(50)60)55-46(38-16-6-4-7-17-38)24-15-25-47(55)39-18-8-5-9-19-39;/h4-34H,1-3H3;/q-2;. The number of imidazole rings is 1. The van der Waals surface area contributed by atoms with Crippen molar-refractivity contribution < 1.29 is 34.8 Å². The number of para-hydroxylation sites is 3. The number of furan rings is 1. The maximum Gasteiger partial charge on any atom is 0.268 e. The van der Waals surface area contributed by atoms with Crippen molar-refractivity contribution in [1.29, 1.82) is 0 Å². The molecule has 6 nitrogen and oxygen atoms in total. The van der Waals surface area contributed by atoms with Crippen molar-refractivity contribution in [2.75, 3.05) is 0 Å². The monoisotopic (exact) mass is 1020 g/mol. The molecule has 0 N–H and O–H groups in total. The number of aromatic nitrogens is 4. The third-order valence-electron chi connectivity index (χ3n) is 12.2. The smallest absolute Gasteiger partial charge is 0.268 e. The topological polar surface area (TPSA) is 49.0 Å². The molecule has 0 saturated heterocycles. The van der Waals surface area contributed by atoms with Gasteiger partial charge in [0.15, 0.2) is 0 Å². The zero-order valence-electron chi connectivity index (χ0n) is 35.8. The van der Waals surface area contributed by atoms with Crippen LogP contribution < -0.4 is 9.30 Å². The fraction of sp³-hybridized carbons (Fsp3) is 0.0690. The van der Waals surface area contributed by atoms with Gasteiger partial charge in [-0.15, -0.1) is 24.3 Å². The van der Waals surface area contributed by atoms with E-state index in [9.17, 15) is 0 Å². The molecule has 12 aromatic rings. The molecule has 316 valence electrons. The van der Waals surface area contributed by atoms with Gasteiger partial charge in [-0.2, -0.15) is 18.2 Å². The maximum absolute atomic E-state index is 6.71. The molecule has 0 aliphatic heterocycles. The molecule has 4 heterocycles. The maximum atomic E-state index is 6.71. The number of fused-ring (bicyclic) bond motifs is 8. The summed E-state index contributed by atoms with van der Waals surface area (Å²) in [6, 6.07) is 70.1. The molecular weight excluding hydrogens is 980 g/mol. The van der Waals surface area contributed by atoms with Gasteiger partial charge in [0.25, 0.3) is 6.33 Å². The van der Waals surface area contributed by atoms with E-state index in [4.69, 9.17) is 14.1 Å². The van der Waals surface area contributed by atoms with Crippen LogP contribution in [0.4, 0.5) is 0 Å². The summed E-state index contributed by atoms with van der Waals surface area (Å²) in [4.78, 5) is 4.96. The Morgan fingerprint density at radius 2 is 1.32 bits per heavy atom. The number of benzene rings is 8. The Bertz CT molecular complexity index is 3690. The predicted molar refractivity (Wildman–Crippen MR) is 257 cm³/mol. The molecule has 12 rings (SSSR count). The van der Waals surface area contributed by atoms with E-state index in [0.717, 1.165) is 94.2 Å². The van der Waals surface area contributed by atoms with E-state index in [1.165, 1.54) is 5.56 Å². The Morgan fingerprint density at radius 1 is 0.631 bits per heavy atom. The predicted octanol–water partition coefficient (Wildman–Crippen LogP) is 14.1. The molecule has 8 aromatic carbocycles. The second-order valence-corrected chi connectivity index (χ2v) is 17.2. The first-order chi connectivity index (χ1) is 31.4. The van der Waals surface area contributed by atoms with E-state index in [1.54, 1.807) is 0 Å². The quantitative estimate of drug-likeness (QED) is 0.118. The van der Waals surface area contributed by atoms with Gasteiger partial charge in [0.05, 0.1) is 27.6 Å². The summed E-state index contributed by atoms with van der Waals surface area (Å²) < 4.78 is 19.8. The first-order valence-corrected chi connectivity index (χ1v) is 21.5. The Kier molecular flexibility index (Phi) is 9.86. The Labute approximate surface area is 390 Å². The average Bonchev–Trinajstić information content (AvgIpc) is 4.01. The zero-order valence-corrected chi connectivity index (χ0v) is 38.1. The van der Waals surface area contributed by atoms with Gasteiger partial charge in [-0.3, -0.25) is 4.57 Å². The number of ether oxygens (including phenoxy) is 1. The molecule has 0 amide bonds. The van der Waals surface area contributed by atoms with Crippen LogP contribution in [0.5, 0.6) is 11.5 Å². The average molecular weight is 1020 g/mol. The number of rotatable bonds is 7. The van der Waals surface area contributed by atoms with Crippen LogP contribution in [-0.4, -0.2) is 14.1 Å². The van der Waals surface area contributed by atoms with Gasteiger partial charge in [-0.1, -0.05) is 165 Å². The van der Waals surface area contributed by atoms with E-state index < -0.39 is 0 Å². The van der Waals surface area contributed by atoms with Crippen LogP contribution in [0.3, 0.4) is 0 Å². The molecule has 0 unspecified atom stereocenters. The molecule has 0 aliphatic rings. The minimum atomic E-state index is -0.0824. The SMILES string of the molecule is CC(C)(C)c1ccnc(-n2c3[c-]c(Oc4[c-]c(-n5[c-][n+](-c6c(-c7ccccc7)cccc6-c6ccccc6)c6ccccc65)ccc4)ccc3c3oc4ccc5ccccc5c4c32)c1.[Pt]. The molecule has 0 fully saturated rings. The van der Waals surface area contributed by atoms with E-state index in [-0.39, 0.29) is 26.5 Å². The van der Waals surface area contributed by atoms with Crippen molar-refractivity contribution in [3.05, 3.63) is 212 Å². The number of hydrogen-bond donors (Lipinski definition) is 0. The first-order valence-electron chi connectivity index (χ1n) is 21.5. The molecule has 0 spiro atoms. The van der Waals surface area contributed by atoms with E-state index in [1.807, 2.05) is 30.5 Å². The first kappa shape index (κ1) is 40.3. The summed E-state index contributed by atoms with van der Waals surface area (Å²) in [5.41, 5.74) is 12.8. The van der Waals surface area contributed by atoms with Crippen LogP contribution in [0.2, 0.25) is 0 Å². The van der Waals surface area contributed by atoms with Gasteiger partial charge in [0.1, 0.15) is 17.0 Å². The molecule has 0 aliphatic carbocycles. The van der Waals surface area contributed by atoms with Gasteiger partial charge in [0.2, 0.25) is 0 Å². The van der Waals surface area contributed by atoms with E-state index >= 15 is 0 Å². The summed E-state index contributed by atoms with van der Waals surface area (Å²) in [6.07, 6.45) is 5.65. The Balaban J connectivity index is 0.00000469. The van der Waals surface area contributed by atoms with Gasteiger partial charge in [-0.05, 0) is 67.9 Å². The fourth-order valence-electron chi connectivity index (χ4n) is 9.11. The van der Waals surface area contributed by atoms with Gasteiger partial charge in [-0.25, -0.2) is 4.98 Å². The molecule has 7 heteroatoms. The molecule has 0 radical (unpaired) electrons. The summed E-state index contributed by atoms with van der Waals surface area (Å²) in [6.45, 7) is 6.66. The third kappa shape index (κ3) is 6.84. The molecule has 0 bridgehead atoms. The van der Waals surface area contributed by atoms with Crippen LogP contribution in [0.15, 0.2) is 193 Å². The van der Waals surface area contributed by atoms with Gasteiger partial charge in [0, 0.05) is 38.8 Å². The van der Waals surface area contributed by atoms with Crippen LogP contribution in [-0.2, 0) is 26.5 Å². The van der Waals surface area contributed by atoms with Crippen molar-refractivity contribution >= 4 is 54.8 Å². The number of pyridine rings is 1. The van der Waals surface area contributed by atoms with Crippen LogP contribution in [0, 0.1) is 18.5 Å². The largest absolute Gasteiger partial charge is 0.510 e. The molecular formula is C58H40N4O2Pt-2. The third-order valence-corrected chi connectivity index (χ3v) is 12.2. The van der Waals surface area contributed by atoms with Crippen molar-refractivity contribution in [2.24, 2.45) is 0 Å². The minimum Gasteiger partial charge on any atom is -0.510 e. The van der Waals surface area contributed by atoms with E-state index in [0.29, 0.717) is 11.5 Å². The summed E-state index contributed by atoms with van der Waals surface area (Å²) in [5.74, 6) is 1.88.